The zero-order valence-corrected chi connectivity index (χ0v) is 16.9. The van der Waals surface area contributed by atoms with Gasteiger partial charge in [-0.1, -0.05) is 12.1 Å². The van der Waals surface area contributed by atoms with E-state index in [0.29, 0.717) is 47.5 Å². The minimum absolute atomic E-state index is 0.133. The molecule has 2 heterocycles. The number of aromatic nitrogens is 2. The standard InChI is InChI=1S/C23H24N4O3/c1-16-25-20-7-3-2-6-19(20)23(30)27(16)18-11-9-17(10-12-18)22(29)24-13-5-15-26-14-4-8-21(26)28/h2-3,6-7,9-12H,4-5,8,13-15H2,1H3,(H,24,29). The molecule has 0 spiro atoms. The van der Waals surface area contributed by atoms with Crippen molar-refractivity contribution in [1.82, 2.24) is 19.8 Å². The van der Waals surface area contributed by atoms with E-state index in [1.54, 1.807) is 41.8 Å². The fraction of sp³-hybridized carbons (Fsp3) is 0.304. The Bertz CT molecular complexity index is 1150. The van der Waals surface area contributed by atoms with E-state index < -0.39 is 0 Å². The number of carbonyl (C=O) groups excluding carboxylic acids is 2. The van der Waals surface area contributed by atoms with Crippen LogP contribution in [0.25, 0.3) is 16.6 Å². The molecule has 4 rings (SSSR count). The first kappa shape index (κ1) is 19.8. The van der Waals surface area contributed by atoms with E-state index in [1.165, 1.54) is 0 Å². The molecule has 0 unspecified atom stereocenters. The van der Waals surface area contributed by atoms with Gasteiger partial charge in [-0.15, -0.1) is 0 Å². The second-order valence-electron chi connectivity index (χ2n) is 7.46. The van der Waals surface area contributed by atoms with E-state index >= 15 is 0 Å². The van der Waals surface area contributed by atoms with Crippen molar-refractivity contribution in [2.45, 2.75) is 26.2 Å². The Morgan fingerprint density at radius 2 is 1.87 bits per heavy atom. The van der Waals surface area contributed by atoms with Gasteiger partial charge in [-0.25, -0.2) is 4.98 Å². The Balaban J connectivity index is 1.43. The van der Waals surface area contributed by atoms with Crippen LogP contribution in [0.2, 0.25) is 0 Å². The van der Waals surface area contributed by atoms with Crippen molar-refractivity contribution in [3.05, 3.63) is 70.3 Å². The Morgan fingerprint density at radius 1 is 1.10 bits per heavy atom. The molecule has 1 aliphatic rings. The Morgan fingerprint density at radius 3 is 2.60 bits per heavy atom. The highest BCUT2D eigenvalue weighted by Crippen LogP contribution is 2.14. The van der Waals surface area contributed by atoms with Gasteiger partial charge in [-0.05, 0) is 56.2 Å². The Kier molecular flexibility index (Phi) is 5.61. The number of rotatable bonds is 6. The predicted molar refractivity (Wildman–Crippen MR) is 115 cm³/mol. The van der Waals surface area contributed by atoms with Crippen LogP contribution >= 0.6 is 0 Å². The molecule has 1 N–H and O–H groups in total. The average Bonchev–Trinajstić information content (AvgIpc) is 3.16. The number of nitrogens with one attached hydrogen (secondary N) is 1. The second kappa shape index (κ2) is 8.49. The first-order valence-electron chi connectivity index (χ1n) is 10.2. The van der Waals surface area contributed by atoms with Gasteiger partial charge in [0.05, 0.1) is 16.6 Å². The van der Waals surface area contributed by atoms with E-state index in [4.69, 9.17) is 0 Å². The molecule has 2 amide bonds. The molecule has 0 radical (unpaired) electrons. The summed E-state index contributed by atoms with van der Waals surface area (Å²) in [5.74, 6) is 0.619. The van der Waals surface area contributed by atoms with Gasteiger partial charge in [-0.2, -0.15) is 0 Å². The molecule has 2 aromatic carbocycles. The normalized spacial score (nSPS) is 13.8. The van der Waals surface area contributed by atoms with Crippen molar-refractivity contribution in [1.29, 1.82) is 0 Å². The first-order chi connectivity index (χ1) is 14.5. The molecule has 0 atom stereocenters. The van der Waals surface area contributed by atoms with Crippen LogP contribution in [-0.4, -0.2) is 45.9 Å². The molecule has 7 nitrogen and oxygen atoms in total. The summed E-state index contributed by atoms with van der Waals surface area (Å²) < 4.78 is 1.55. The highest BCUT2D eigenvalue weighted by Gasteiger charge is 2.19. The number of carbonyl (C=O) groups is 2. The van der Waals surface area contributed by atoms with Crippen LogP contribution < -0.4 is 10.9 Å². The number of likely N-dealkylation sites (tertiary alicyclic amines) is 1. The monoisotopic (exact) mass is 404 g/mol. The van der Waals surface area contributed by atoms with Crippen LogP contribution in [-0.2, 0) is 4.79 Å². The van der Waals surface area contributed by atoms with Crippen molar-refractivity contribution in [2.75, 3.05) is 19.6 Å². The van der Waals surface area contributed by atoms with Crippen molar-refractivity contribution in [3.63, 3.8) is 0 Å². The third-order valence-corrected chi connectivity index (χ3v) is 5.39. The van der Waals surface area contributed by atoms with Crippen molar-refractivity contribution >= 4 is 22.7 Å². The van der Waals surface area contributed by atoms with Gasteiger partial charge in [-0.3, -0.25) is 19.0 Å². The molecule has 1 saturated heterocycles. The van der Waals surface area contributed by atoms with Crippen molar-refractivity contribution < 1.29 is 9.59 Å². The van der Waals surface area contributed by atoms with E-state index in [0.717, 1.165) is 19.4 Å². The number of aryl methyl sites for hydroxylation is 1. The molecule has 7 heteroatoms. The molecular weight excluding hydrogens is 380 g/mol. The zero-order valence-electron chi connectivity index (χ0n) is 16.9. The number of fused-ring (bicyclic) bond motifs is 1. The average molecular weight is 404 g/mol. The summed E-state index contributed by atoms with van der Waals surface area (Å²) in [4.78, 5) is 43.2. The lowest BCUT2D eigenvalue weighted by Crippen LogP contribution is -2.30. The van der Waals surface area contributed by atoms with Crippen molar-refractivity contribution in [2.24, 2.45) is 0 Å². The summed E-state index contributed by atoms with van der Waals surface area (Å²) in [5.41, 5.74) is 1.73. The largest absolute Gasteiger partial charge is 0.352 e. The predicted octanol–water partition coefficient (Wildman–Crippen LogP) is 2.44. The summed E-state index contributed by atoms with van der Waals surface area (Å²) in [6.07, 6.45) is 2.29. The molecule has 1 aromatic heterocycles. The minimum Gasteiger partial charge on any atom is -0.352 e. The van der Waals surface area contributed by atoms with E-state index in [1.807, 2.05) is 23.1 Å². The van der Waals surface area contributed by atoms with Crippen LogP contribution in [0.15, 0.2) is 53.3 Å². The van der Waals surface area contributed by atoms with E-state index in [2.05, 4.69) is 10.3 Å². The maximum absolute atomic E-state index is 12.9. The lowest BCUT2D eigenvalue weighted by atomic mass is 10.1. The summed E-state index contributed by atoms with van der Waals surface area (Å²) in [7, 11) is 0. The van der Waals surface area contributed by atoms with Gasteiger partial charge in [0, 0.05) is 31.6 Å². The molecule has 3 aromatic rings. The highest BCUT2D eigenvalue weighted by atomic mass is 16.2. The molecule has 1 aliphatic heterocycles. The number of nitrogens with zero attached hydrogens (tertiary/aromatic N) is 3. The van der Waals surface area contributed by atoms with Crippen LogP contribution in [0.1, 0.15) is 35.4 Å². The molecule has 154 valence electrons. The number of para-hydroxylation sites is 1. The zero-order chi connectivity index (χ0) is 21.1. The second-order valence-corrected chi connectivity index (χ2v) is 7.46. The maximum atomic E-state index is 12.9. The van der Waals surface area contributed by atoms with Crippen molar-refractivity contribution in [3.8, 4) is 5.69 Å². The molecule has 0 bridgehead atoms. The van der Waals surface area contributed by atoms with Gasteiger partial charge < -0.3 is 10.2 Å². The Labute approximate surface area is 174 Å². The van der Waals surface area contributed by atoms with Gasteiger partial charge in [0.2, 0.25) is 5.91 Å². The molecule has 0 aliphatic carbocycles. The fourth-order valence-electron chi connectivity index (χ4n) is 3.82. The van der Waals surface area contributed by atoms with Gasteiger partial charge >= 0.3 is 0 Å². The molecule has 1 fully saturated rings. The smallest absolute Gasteiger partial charge is 0.265 e. The van der Waals surface area contributed by atoms with Crippen LogP contribution in [0, 0.1) is 6.92 Å². The number of amides is 2. The van der Waals surface area contributed by atoms with E-state index in [-0.39, 0.29) is 17.4 Å². The SMILES string of the molecule is Cc1nc2ccccc2c(=O)n1-c1ccc(C(=O)NCCCN2CCCC2=O)cc1. The fourth-order valence-corrected chi connectivity index (χ4v) is 3.82. The third kappa shape index (κ3) is 3.96. The first-order valence-corrected chi connectivity index (χ1v) is 10.2. The molecule has 0 saturated carbocycles. The molecule has 30 heavy (non-hydrogen) atoms. The quantitative estimate of drug-likeness (QED) is 0.640. The van der Waals surface area contributed by atoms with E-state index in [9.17, 15) is 14.4 Å². The third-order valence-electron chi connectivity index (χ3n) is 5.39. The lowest BCUT2D eigenvalue weighted by Gasteiger charge is -2.15. The van der Waals surface area contributed by atoms with Crippen LogP contribution in [0.4, 0.5) is 0 Å². The summed E-state index contributed by atoms with van der Waals surface area (Å²) >= 11 is 0. The lowest BCUT2D eigenvalue weighted by molar-refractivity contribution is -0.127. The minimum atomic E-state index is -0.171. The summed E-state index contributed by atoms with van der Waals surface area (Å²) in [6, 6.07) is 14.2. The molecular formula is C23H24N4O3. The number of benzene rings is 2. The topological polar surface area (TPSA) is 84.3 Å². The highest BCUT2D eigenvalue weighted by molar-refractivity contribution is 5.94. The van der Waals surface area contributed by atoms with Crippen LogP contribution in [0.3, 0.4) is 0 Å². The van der Waals surface area contributed by atoms with Gasteiger partial charge in [0.15, 0.2) is 0 Å². The van der Waals surface area contributed by atoms with Crippen LogP contribution in [0.5, 0.6) is 0 Å². The number of hydrogen-bond donors (Lipinski definition) is 1. The summed E-state index contributed by atoms with van der Waals surface area (Å²) in [5, 5.41) is 3.44. The summed E-state index contributed by atoms with van der Waals surface area (Å²) in [6.45, 7) is 3.79. The van der Waals surface area contributed by atoms with Gasteiger partial charge in [0.25, 0.3) is 11.5 Å². The number of hydrogen-bond acceptors (Lipinski definition) is 4. The van der Waals surface area contributed by atoms with Gasteiger partial charge in [0.1, 0.15) is 5.82 Å². The Hall–Kier alpha value is -3.48. The maximum Gasteiger partial charge on any atom is 0.265 e.